The summed E-state index contributed by atoms with van der Waals surface area (Å²) in [4.78, 5) is 0. The van der Waals surface area contributed by atoms with Gasteiger partial charge in [0, 0.05) is 5.56 Å². The molecule has 12 heavy (non-hydrogen) atoms. The number of benzene rings is 1. The number of hydrogen-bond donors (Lipinski definition) is 1. The zero-order valence-electron chi connectivity index (χ0n) is 7.54. The Hall–Kier alpha value is -1.24. The minimum absolute atomic E-state index is 0.368. The normalized spacial score (nSPS) is 11.7. The lowest BCUT2D eigenvalue weighted by atomic mass is 10.0. The summed E-state index contributed by atoms with van der Waals surface area (Å²) in [6.45, 7) is 4.08. The summed E-state index contributed by atoms with van der Waals surface area (Å²) < 4.78 is 0. The Bertz CT molecular complexity index is 287. The van der Waals surface area contributed by atoms with Gasteiger partial charge in [0.05, 0.1) is 0 Å². The summed E-state index contributed by atoms with van der Waals surface area (Å²) >= 11 is 0. The van der Waals surface area contributed by atoms with E-state index < -0.39 is 0 Å². The number of phenolic OH excluding ortho intramolecular Hbond substituents is 1. The number of phenols is 1. The third-order valence-corrected chi connectivity index (χ3v) is 1.98. The molecule has 0 fully saturated rings. The SMILES string of the molecule is CC=C(CC)c1ccccc1O. The summed E-state index contributed by atoms with van der Waals surface area (Å²) in [6, 6.07) is 7.43. The van der Waals surface area contributed by atoms with Crippen LogP contribution in [0.4, 0.5) is 0 Å². The van der Waals surface area contributed by atoms with Gasteiger partial charge in [-0.2, -0.15) is 0 Å². The van der Waals surface area contributed by atoms with Gasteiger partial charge in [-0.25, -0.2) is 0 Å². The van der Waals surface area contributed by atoms with Gasteiger partial charge in [-0.15, -0.1) is 0 Å². The van der Waals surface area contributed by atoms with Crippen LogP contribution in [-0.4, -0.2) is 5.11 Å². The molecule has 0 spiro atoms. The number of hydrogen-bond acceptors (Lipinski definition) is 1. The molecular formula is C11H14O. The zero-order chi connectivity index (χ0) is 8.97. The van der Waals surface area contributed by atoms with E-state index in [1.165, 1.54) is 5.57 Å². The van der Waals surface area contributed by atoms with Crippen LogP contribution in [0.15, 0.2) is 30.3 Å². The van der Waals surface area contributed by atoms with Crippen LogP contribution < -0.4 is 0 Å². The van der Waals surface area contributed by atoms with Gasteiger partial charge in [-0.05, 0) is 25.0 Å². The topological polar surface area (TPSA) is 20.2 Å². The van der Waals surface area contributed by atoms with Crippen LogP contribution >= 0.6 is 0 Å². The van der Waals surface area contributed by atoms with Crippen molar-refractivity contribution in [1.29, 1.82) is 0 Å². The number of para-hydroxylation sites is 1. The molecule has 1 N–H and O–H groups in total. The van der Waals surface area contributed by atoms with Crippen LogP contribution in [0.25, 0.3) is 5.57 Å². The molecule has 0 saturated carbocycles. The highest BCUT2D eigenvalue weighted by Crippen LogP contribution is 2.26. The smallest absolute Gasteiger partial charge is 0.123 e. The fourth-order valence-corrected chi connectivity index (χ4v) is 1.30. The van der Waals surface area contributed by atoms with Crippen LogP contribution in [0.3, 0.4) is 0 Å². The first-order valence-electron chi connectivity index (χ1n) is 4.23. The molecule has 1 aromatic carbocycles. The van der Waals surface area contributed by atoms with Gasteiger partial charge in [-0.3, -0.25) is 0 Å². The first-order chi connectivity index (χ1) is 5.79. The molecule has 0 aliphatic carbocycles. The van der Waals surface area contributed by atoms with Gasteiger partial charge in [0.25, 0.3) is 0 Å². The molecule has 0 amide bonds. The van der Waals surface area contributed by atoms with Crippen LogP contribution in [0.2, 0.25) is 0 Å². The maximum atomic E-state index is 9.50. The van der Waals surface area contributed by atoms with E-state index >= 15 is 0 Å². The fourth-order valence-electron chi connectivity index (χ4n) is 1.30. The first kappa shape index (κ1) is 8.85. The summed E-state index contributed by atoms with van der Waals surface area (Å²) in [7, 11) is 0. The van der Waals surface area contributed by atoms with Crippen molar-refractivity contribution in [3.8, 4) is 5.75 Å². The van der Waals surface area contributed by atoms with Gasteiger partial charge >= 0.3 is 0 Å². The molecule has 0 radical (unpaired) electrons. The third-order valence-electron chi connectivity index (χ3n) is 1.98. The minimum Gasteiger partial charge on any atom is -0.507 e. The standard InChI is InChI=1S/C11H14O/c1-3-9(4-2)10-7-5-6-8-11(10)12/h3,5-8,12H,4H2,1-2H3. The highest BCUT2D eigenvalue weighted by molar-refractivity contribution is 5.69. The van der Waals surface area contributed by atoms with Gasteiger partial charge in [0.2, 0.25) is 0 Å². The molecule has 0 aliphatic rings. The summed E-state index contributed by atoms with van der Waals surface area (Å²) in [5.41, 5.74) is 2.13. The van der Waals surface area contributed by atoms with Crippen molar-refractivity contribution in [2.75, 3.05) is 0 Å². The van der Waals surface area contributed by atoms with Crippen molar-refractivity contribution in [3.63, 3.8) is 0 Å². The second-order valence-corrected chi connectivity index (χ2v) is 2.68. The number of rotatable bonds is 2. The Morgan fingerprint density at radius 3 is 2.58 bits per heavy atom. The Morgan fingerprint density at radius 2 is 2.08 bits per heavy atom. The van der Waals surface area contributed by atoms with E-state index in [1.807, 2.05) is 31.2 Å². The van der Waals surface area contributed by atoms with Crippen LogP contribution in [0, 0.1) is 0 Å². The largest absolute Gasteiger partial charge is 0.507 e. The highest BCUT2D eigenvalue weighted by atomic mass is 16.3. The van der Waals surface area contributed by atoms with Crippen LogP contribution in [-0.2, 0) is 0 Å². The zero-order valence-corrected chi connectivity index (χ0v) is 7.54. The Labute approximate surface area is 73.4 Å². The lowest BCUT2D eigenvalue weighted by Gasteiger charge is -2.05. The predicted octanol–water partition coefficient (Wildman–Crippen LogP) is 3.21. The molecule has 0 aromatic heterocycles. The molecule has 0 atom stereocenters. The van der Waals surface area contributed by atoms with Crippen molar-refractivity contribution in [1.82, 2.24) is 0 Å². The van der Waals surface area contributed by atoms with Crippen LogP contribution in [0.5, 0.6) is 5.75 Å². The molecular weight excluding hydrogens is 148 g/mol. The summed E-state index contributed by atoms with van der Waals surface area (Å²) in [5, 5.41) is 9.50. The van der Waals surface area contributed by atoms with Gasteiger partial charge in [0.15, 0.2) is 0 Å². The average Bonchev–Trinajstić information content (AvgIpc) is 2.10. The molecule has 64 valence electrons. The maximum absolute atomic E-state index is 9.50. The molecule has 1 rings (SSSR count). The monoisotopic (exact) mass is 162 g/mol. The van der Waals surface area contributed by atoms with E-state index in [0.717, 1.165) is 12.0 Å². The molecule has 1 nitrogen and oxygen atoms in total. The third kappa shape index (κ3) is 1.67. The second kappa shape index (κ2) is 3.96. The molecule has 0 unspecified atom stereocenters. The van der Waals surface area contributed by atoms with E-state index in [2.05, 4.69) is 6.92 Å². The van der Waals surface area contributed by atoms with Gasteiger partial charge < -0.3 is 5.11 Å². The van der Waals surface area contributed by atoms with Gasteiger partial charge in [0.1, 0.15) is 5.75 Å². The van der Waals surface area contributed by atoms with Crippen molar-refractivity contribution < 1.29 is 5.11 Å². The molecule has 0 heterocycles. The van der Waals surface area contributed by atoms with E-state index in [4.69, 9.17) is 0 Å². The van der Waals surface area contributed by atoms with E-state index in [1.54, 1.807) is 6.07 Å². The summed E-state index contributed by atoms with van der Waals surface area (Å²) in [5.74, 6) is 0.368. The average molecular weight is 162 g/mol. The molecule has 0 aliphatic heterocycles. The van der Waals surface area contributed by atoms with Crippen LogP contribution in [0.1, 0.15) is 25.8 Å². The van der Waals surface area contributed by atoms with Crippen molar-refractivity contribution in [2.45, 2.75) is 20.3 Å². The van der Waals surface area contributed by atoms with Crippen molar-refractivity contribution in [2.24, 2.45) is 0 Å². The van der Waals surface area contributed by atoms with Crippen molar-refractivity contribution >= 4 is 5.57 Å². The minimum atomic E-state index is 0.368. The van der Waals surface area contributed by atoms with E-state index in [9.17, 15) is 5.11 Å². The quantitative estimate of drug-likeness (QED) is 0.708. The lowest BCUT2D eigenvalue weighted by molar-refractivity contribution is 0.473. The molecule has 1 heteroatoms. The number of aromatic hydroxyl groups is 1. The Kier molecular flexibility index (Phi) is 2.92. The highest BCUT2D eigenvalue weighted by Gasteiger charge is 2.01. The lowest BCUT2D eigenvalue weighted by Crippen LogP contribution is -1.82. The maximum Gasteiger partial charge on any atom is 0.123 e. The Balaban J connectivity index is 3.10. The molecule has 0 saturated heterocycles. The Morgan fingerprint density at radius 1 is 1.42 bits per heavy atom. The fraction of sp³-hybridized carbons (Fsp3) is 0.273. The van der Waals surface area contributed by atoms with E-state index in [-0.39, 0.29) is 0 Å². The molecule has 0 bridgehead atoms. The number of allylic oxidation sites excluding steroid dienone is 2. The molecule has 1 aromatic rings. The van der Waals surface area contributed by atoms with Gasteiger partial charge in [-0.1, -0.05) is 31.2 Å². The summed E-state index contributed by atoms with van der Waals surface area (Å²) in [6.07, 6.45) is 2.99. The second-order valence-electron chi connectivity index (χ2n) is 2.68. The van der Waals surface area contributed by atoms with Crippen molar-refractivity contribution in [3.05, 3.63) is 35.9 Å². The predicted molar refractivity (Wildman–Crippen MR) is 52.0 cm³/mol. The van der Waals surface area contributed by atoms with E-state index in [0.29, 0.717) is 5.75 Å². The first-order valence-corrected chi connectivity index (χ1v) is 4.23.